The number of carbonyl (C=O) groups excluding carboxylic acids is 1. The number of fused-ring (bicyclic) bond motifs is 1. The van der Waals surface area contributed by atoms with Crippen LogP contribution in [-0.4, -0.2) is 11.6 Å². The van der Waals surface area contributed by atoms with Crippen molar-refractivity contribution in [3.8, 4) is 0 Å². The lowest BCUT2D eigenvalue weighted by atomic mass is 9.42. The second-order valence-electron chi connectivity index (χ2n) is 8.02. The summed E-state index contributed by atoms with van der Waals surface area (Å²) in [6, 6.07) is 0. The Labute approximate surface area is 143 Å². The first-order valence-electron chi connectivity index (χ1n) is 9.23. The van der Waals surface area contributed by atoms with Gasteiger partial charge < -0.3 is 9.47 Å². The van der Waals surface area contributed by atoms with Crippen molar-refractivity contribution >= 4 is 5.97 Å². The van der Waals surface area contributed by atoms with E-state index in [0.717, 1.165) is 43.6 Å². The van der Waals surface area contributed by atoms with E-state index in [1.165, 1.54) is 11.1 Å². The highest BCUT2D eigenvalue weighted by Crippen LogP contribution is 2.73. The SMILES string of the molecule is C=C1OC2(C3=C1C=CCC3)C(C)C1CC[C@]23/C(=C/C)OC(=O)C3C1. The third kappa shape index (κ3) is 1.32. The molecule has 0 aromatic heterocycles. The van der Waals surface area contributed by atoms with Crippen LogP contribution in [0.15, 0.2) is 47.5 Å². The van der Waals surface area contributed by atoms with Crippen LogP contribution in [0.2, 0.25) is 0 Å². The van der Waals surface area contributed by atoms with Gasteiger partial charge in [0.05, 0.1) is 11.3 Å². The van der Waals surface area contributed by atoms with E-state index in [-0.39, 0.29) is 17.3 Å². The van der Waals surface area contributed by atoms with Crippen LogP contribution in [-0.2, 0) is 14.3 Å². The Morgan fingerprint density at radius 1 is 1.42 bits per heavy atom. The van der Waals surface area contributed by atoms with Gasteiger partial charge in [-0.15, -0.1) is 0 Å². The molecule has 2 bridgehead atoms. The first kappa shape index (κ1) is 14.6. The maximum Gasteiger partial charge on any atom is 0.315 e. The number of carbonyl (C=O) groups is 1. The van der Waals surface area contributed by atoms with Crippen LogP contribution in [0, 0.1) is 23.2 Å². The molecule has 3 nitrogen and oxygen atoms in total. The van der Waals surface area contributed by atoms with Gasteiger partial charge in [0.25, 0.3) is 0 Å². The van der Waals surface area contributed by atoms with Crippen LogP contribution in [0.1, 0.15) is 46.0 Å². The molecule has 0 aromatic carbocycles. The highest BCUT2D eigenvalue weighted by molar-refractivity contribution is 5.81. The Morgan fingerprint density at radius 3 is 3.04 bits per heavy atom. The molecule has 3 saturated carbocycles. The zero-order valence-corrected chi connectivity index (χ0v) is 14.4. The molecule has 4 fully saturated rings. The number of hydrogen-bond acceptors (Lipinski definition) is 3. The minimum absolute atomic E-state index is 0.0475. The maximum atomic E-state index is 12.7. The second kappa shape index (κ2) is 4.44. The number of esters is 1. The number of cyclic esters (lactones) is 1. The van der Waals surface area contributed by atoms with E-state index in [9.17, 15) is 4.79 Å². The van der Waals surface area contributed by atoms with Crippen molar-refractivity contribution in [1.82, 2.24) is 0 Å². The summed E-state index contributed by atoms with van der Waals surface area (Å²) in [5.74, 6) is 2.41. The van der Waals surface area contributed by atoms with Crippen molar-refractivity contribution in [2.24, 2.45) is 23.2 Å². The van der Waals surface area contributed by atoms with Crippen LogP contribution in [0.4, 0.5) is 0 Å². The molecule has 6 aliphatic rings. The molecule has 5 atom stereocenters. The molecule has 0 radical (unpaired) electrons. The Bertz CT molecular complexity index is 755. The first-order chi connectivity index (χ1) is 11.6. The van der Waals surface area contributed by atoms with Crippen LogP contribution in [0.25, 0.3) is 0 Å². The van der Waals surface area contributed by atoms with Gasteiger partial charge in [-0.25, -0.2) is 0 Å². The normalized spacial score (nSPS) is 47.2. The molecular weight excluding hydrogens is 300 g/mol. The van der Waals surface area contributed by atoms with Crippen molar-refractivity contribution < 1.29 is 14.3 Å². The summed E-state index contributed by atoms with van der Waals surface area (Å²) in [7, 11) is 0. The van der Waals surface area contributed by atoms with E-state index in [4.69, 9.17) is 9.47 Å². The van der Waals surface area contributed by atoms with Crippen molar-refractivity contribution in [2.75, 3.05) is 0 Å². The molecule has 0 N–H and O–H groups in total. The molecule has 0 amide bonds. The van der Waals surface area contributed by atoms with Gasteiger partial charge in [-0.3, -0.25) is 4.79 Å². The van der Waals surface area contributed by atoms with Gasteiger partial charge in [-0.2, -0.15) is 0 Å². The minimum atomic E-state index is -0.440. The lowest BCUT2D eigenvalue weighted by Gasteiger charge is -2.61. The van der Waals surface area contributed by atoms with E-state index in [1.807, 2.05) is 13.0 Å². The fraction of sp³-hybridized carbons (Fsp3) is 0.571. The predicted molar refractivity (Wildman–Crippen MR) is 90.6 cm³/mol. The van der Waals surface area contributed by atoms with E-state index < -0.39 is 5.60 Å². The average Bonchev–Trinajstić information content (AvgIpc) is 3.07. The summed E-state index contributed by atoms with van der Waals surface area (Å²) >= 11 is 0. The topological polar surface area (TPSA) is 35.5 Å². The summed E-state index contributed by atoms with van der Waals surface area (Å²) in [5.41, 5.74) is 1.76. The molecule has 126 valence electrons. The van der Waals surface area contributed by atoms with Crippen LogP contribution in [0.5, 0.6) is 0 Å². The standard InChI is InChI=1S/C21H24O3/c1-4-18-20-10-9-14(11-17(20)19(22)23-18)12(2)21(20)16-8-6-5-7-15(16)13(3)24-21/h4-5,7,12,14,17H,3,6,8-11H2,1-2H3/b18-4-/t12?,14?,17?,20-,21?/m0/s1. The number of hydrogen-bond donors (Lipinski definition) is 0. The monoisotopic (exact) mass is 324 g/mol. The molecule has 24 heavy (non-hydrogen) atoms. The van der Waals surface area contributed by atoms with Crippen molar-refractivity contribution in [1.29, 1.82) is 0 Å². The molecule has 0 aromatic rings. The largest absolute Gasteiger partial charge is 0.481 e. The molecule has 4 unspecified atom stereocenters. The molecular formula is C21H24O3. The van der Waals surface area contributed by atoms with Gasteiger partial charge in [0.1, 0.15) is 17.1 Å². The van der Waals surface area contributed by atoms with Crippen LogP contribution in [0.3, 0.4) is 0 Å². The van der Waals surface area contributed by atoms with Crippen molar-refractivity contribution in [3.05, 3.63) is 47.5 Å². The van der Waals surface area contributed by atoms with E-state index >= 15 is 0 Å². The fourth-order valence-corrected chi connectivity index (χ4v) is 6.56. The molecule has 1 saturated heterocycles. The number of rotatable bonds is 0. The highest BCUT2D eigenvalue weighted by Gasteiger charge is 2.76. The molecule has 2 aliphatic heterocycles. The summed E-state index contributed by atoms with van der Waals surface area (Å²) in [6.45, 7) is 8.51. The Kier molecular flexibility index (Phi) is 2.69. The molecule has 2 spiro atoms. The number of ether oxygens (including phenoxy) is 2. The Balaban J connectivity index is 1.82. The van der Waals surface area contributed by atoms with Gasteiger partial charge in [-0.05, 0) is 56.6 Å². The summed E-state index contributed by atoms with van der Waals surface area (Å²) in [6.07, 6.45) is 11.5. The van der Waals surface area contributed by atoms with Gasteiger partial charge in [-0.1, -0.05) is 25.7 Å². The Morgan fingerprint density at radius 2 is 2.25 bits per heavy atom. The van der Waals surface area contributed by atoms with Crippen molar-refractivity contribution in [2.45, 2.75) is 51.6 Å². The molecule has 4 aliphatic carbocycles. The molecule has 3 heteroatoms. The van der Waals surface area contributed by atoms with Crippen LogP contribution < -0.4 is 0 Å². The summed E-state index contributed by atoms with van der Waals surface area (Å²) < 4.78 is 12.5. The average molecular weight is 324 g/mol. The van der Waals surface area contributed by atoms with E-state index in [2.05, 4.69) is 25.7 Å². The summed E-state index contributed by atoms with van der Waals surface area (Å²) in [4.78, 5) is 12.7. The first-order valence-corrected chi connectivity index (χ1v) is 9.23. The Hall–Kier alpha value is -1.77. The lowest BCUT2D eigenvalue weighted by Crippen LogP contribution is -2.65. The highest BCUT2D eigenvalue weighted by atomic mass is 16.6. The second-order valence-corrected chi connectivity index (χ2v) is 8.02. The van der Waals surface area contributed by atoms with E-state index in [1.54, 1.807) is 0 Å². The van der Waals surface area contributed by atoms with Gasteiger partial charge >= 0.3 is 5.97 Å². The molecule has 6 rings (SSSR count). The zero-order valence-electron chi connectivity index (χ0n) is 14.4. The minimum Gasteiger partial charge on any atom is -0.481 e. The predicted octanol–water partition coefficient (Wildman–Crippen LogP) is 4.43. The number of allylic oxidation sites excluding steroid dienone is 3. The lowest BCUT2D eigenvalue weighted by molar-refractivity contribution is -0.185. The maximum absolute atomic E-state index is 12.7. The zero-order chi connectivity index (χ0) is 16.7. The third-order valence-electron chi connectivity index (χ3n) is 7.45. The van der Waals surface area contributed by atoms with Gasteiger partial charge in [0, 0.05) is 11.5 Å². The van der Waals surface area contributed by atoms with Crippen LogP contribution >= 0.6 is 0 Å². The smallest absolute Gasteiger partial charge is 0.315 e. The van der Waals surface area contributed by atoms with Crippen molar-refractivity contribution in [3.63, 3.8) is 0 Å². The third-order valence-corrected chi connectivity index (χ3v) is 7.45. The quantitative estimate of drug-likeness (QED) is 0.618. The fourth-order valence-electron chi connectivity index (χ4n) is 6.56. The molecule has 2 heterocycles. The summed E-state index contributed by atoms with van der Waals surface area (Å²) in [5, 5.41) is 0. The van der Waals surface area contributed by atoms with E-state index in [0.29, 0.717) is 11.8 Å². The van der Waals surface area contributed by atoms with Gasteiger partial charge in [0.2, 0.25) is 0 Å². The van der Waals surface area contributed by atoms with Gasteiger partial charge in [0.15, 0.2) is 0 Å².